The summed E-state index contributed by atoms with van der Waals surface area (Å²) in [5, 5.41) is 20.5. The van der Waals surface area contributed by atoms with E-state index in [9.17, 15) is 5.11 Å². The molecular formula is C23H22ClN3O. The second kappa shape index (κ2) is 7.66. The zero-order valence-electron chi connectivity index (χ0n) is 15.9. The highest BCUT2D eigenvalue weighted by molar-refractivity contribution is 6.32. The van der Waals surface area contributed by atoms with Crippen LogP contribution in [0.4, 0.5) is 0 Å². The summed E-state index contributed by atoms with van der Waals surface area (Å²) in [6.45, 7) is 4.87. The van der Waals surface area contributed by atoms with Crippen LogP contribution in [0.5, 0.6) is 5.75 Å². The highest BCUT2D eigenvalue weighted by Gasteiger charge is 2.15. The van der Waals surface area contributed by atoms with Crippen molar-refractivity contribution in [2.45, 2.75) is 26.4 Å². The first-order valence-corrected chi connectivity index (χ1v) is 9.66. The molecule has 2 N–H and O–H groups in total. The van der Waals surface area contributed by atoms with E-state index in [4.69, 9.17) is 11.6 Å². The number of halogens is 1. The third kappa shape index (κ3) is 3.49. The molecule has 4 nitrogen and oxygen atoms in total. The molecule has 28 heavy (non-hydrogen) atoms. The summed E-state index contributed by atoms with van der Waals surface area (Å²) in [4.78, 5) is 0. The first-order valence-electron chi connectivity index (χ1n) is 9.28. The third-order valence-corrected chi connectivity index (χ3v) is 5.44. The number of nitrogens with zero attached hydrogens (tertiary/aromatic N) is 2. The first-order chi connectivity index (χ1) is 13.5. The fourth-order valence-corrected chi connectivity index (χ4v) is 3.73. The lowest BCUT2D eigenvalue weighted by Crippen LogP contribution is -2.18. The molecule has 1 atom stereocenters. The van der Waals surface area contributed by atoms with Crippen LogP contribution in [0.2, 0.25) is 5.02 Å². The number of fused-ring (bicyclic) bond motifs is 1. The van der Waals surface area contributed by atoms with E-state index in [2.05, 4.69) is 66.7 Å². The highest BCUT2D eigenvalue weighted by Crippen LogP contribution is 2.27. The lowest BCUT2D eigenvalue weighted by molar-refractivity contribution is 0.475. The number of hydrogen-bond acceptors (Lipinski definition) is 3. The number of phenols is 1. The molecule has 0 aliphatic heterocycles. The van der Waals surface area contributed by atoms with Crippen molar-refractivity contribution in [2.24, 2.45) is 0 Å². The van der Waals surface area contributed by atoms with E-state index < -0.39 is 0 Å². The standard InChI is InChI=1S/C23H22ClN3O/c1-15(25-13-17-10-11-23(28)21(24)12-17)20-14-26-27(16(20)2)22-9-5-7-18-6-3-4-8-19(18)22/h3-12,14-15,25,28H,13H2,1-2H3. The molecule has 3 aromatic carbocycles. The van der Waals surface area contributed by atoms with Gasteiger partial charge in [-0.25, -0.2) is 4.68 Å². The summed E-state index contributed by atoms with van der Waals surface area (Å²) >= 11 is 6.00. The Morgan fingerprint density at radius 2 is 1.89 bits per heavy atom. The van der Waals surface area contributed by atoms with Gasteiger partial charge in [0.1, 0.15) is 5.75 Å². The molecule has 0 fully saturated rings. The Bertz CT molecular complexity index is 1130. The van der Waals surface area contributed by atoms with Crippen molar-refractivity contribution in [2.75, 3.05) is 0 Å². The molecule has 1 unspecified atom stereocenters. The summed E-state index contributed by atoms with van der Waals surface area (Å²) in [6.07, 6.45) is 1.93. The van der Waals surface area contributed by atoms with Gasteiger partial charge in [-0.1, -0.05) is 54.1 Å². The fraction of sp³-hybridized carbons (Fsp3) is 0.174. The summed E-state index contributed by atoms with van der Waals surface area (Å²) in [7, 11) is 0. The molecule has 0 amide bonds. The van der Waals surface area contributed by atoms with Crippen molar-refractivity contribution in [1.29, 1.82) is 0 Å². The maximum atomic E-state index is 9.56. The zero-order chi connectivity index (χ0) is 19.7. The molecular weight excluding hydrogens is 370 g/mol. The number of nitrogens with one attached hydrogen (secondary N) is 1. The maximum absolute atomic E-state index is 9.56. The van der Waals surface area contributed by atoms with Crippen molar-refractivity contribution >= 4 is 22.4 Å². The van der Waals surface area contributed by atoms with E-state index in [0.717, 1.165) is 22.5 Å². The van der Waals surface area contributed by atoms with E-state index >= 15 is 0 Å². The quantitative estimate of drug-likeness (QED) is 0.469. The average Bonchev–Trinajstić information content (AvgIpc) is 3.09. The Balaban J connectivity index is 1.58. The molecule has 1 heterocycles. The maximum Gasteiger partial charge on any atom is 0.134 e. The van der Waals surface area contributed by atoms with Gasteiger partial charge in [-0.05, 0) is 43.0 Å². The van der Waals surface area contributed by atoms with Gasteiger partial charge >= 0.3 is 0 Å². The monoisotopic (exact) mass is 391 g/mol. The predicted molar refractivity (Wildman–Crippen MR) is 114 cm³/mol. The molecule has 142 valence electrons. The average molecular weight is 392 g/mol. The van der Waals surface area contributed by atoms with Crippen LogP contribution in [0.1, 0.15) is 29.8 Å². The smallest absolute Gasteiger partial charge is 0.134 e. The van der Waals surface area contributed by atoms with Crippen molar-refractivity contribution in [3.05, 3.63) is 88.7 Å². The molecule has 0 saturated heterocycles. The summed E-state index contributed by atoms with van der Waals surface area (Å²) in [6, 6.07) is 20.0. The Kier molecular flexibility index (Phi) is 5.07. The summed E-state index contributed by atoms with van der Waals surface area (Å²) in [5.74, 6) is 0.102. The Labute approximate surface area is 169 Å². The normalized spacial score (nSPS) is 12.4. The topological polar surface area (TPSA) is 50.1 Å². The van der Waals surface area contributed by atoms with Gasteiger partial charge in [0.2, 0.25) is 0 Å². The van der Waals surface area contributed by atoms with Crippen LogP contribution in [-0.4, -0.2) is 14.9 Å². The minimum Gasteiger partial charge on any atom is -0.506 e. The van der Waals surface area contributed by atoms with Crippen molar-refractivity contribution in [3.8, 4) is 11.4 Å². The van der Waals surface area contributed by atoms with Crippen molar-refractivity contribution < 1.29 is 5.11 Å². The number of phenolic OH excluding ortho intramolecular Hbond substituents is 1. The van der Waals surface area contributed by atoms with Crippen LogP contribution in [0, 0.1) is 6.92 Å². The van der Waals surface area contributed by atoms with Gasteiger partial charge in [0.05, 0.1) is 16.9 Å². The number of aromatic nitrogens is 2. The minimum atomic E-state index is 0.102. The second-order valence-corrected chi connectivity index (χ2v) is 7.39. The van der Waals surface area contributed by atoms with Gasteiger partial charge in [-0.2, -0.15) is 5.10 Å². The molecule has 0 saturated carbocycles. The summed E-state index contributed by atoms with van der Waals surface area (Å²) in [5.41, 5.74) is 4.37. The Hall–Kier alpha value is -2.82. The Morgan fingerprint density at radius 1 is 1.11 bits per heavy atom. The highest BCUT2D eigenvalue weighted by atomic mass is 35.5. The second-order valence-electron chi connectivity index (χ2n) is 6.98. The molecule has 0 spiro atoms. The first kappa shape index (κ1) is 18.5. The van der Waals surface area contributed by atoms with Crippen molar-refractivity contribution in [3.63, 3.8) is 0 Å². The Morgan fingerprint density at radius 3 is 2.71 bits per heavy atom. The zero-order valence-corrected chi connectivity index (χ0v) is 16.6. The van der Waals surface area contributed by atoms with E-state index in [0.29, 0.717) is 11.6 Å². The van der Waals surface area contributed by atoms with Crippen molar-refractivity contribution in [1.82, 2.24) is 15.1 Å². The molecule has 0 aliphatic rings. The number of hydrogen-bond donors (Lipinski definition) is 2. The van der Waals surface area contributed by atoms with Crippen LogP contribution in [0.25, 0.3) is 16.5 Å². The lowest BCUT2D eigenvalue weighted by Gasteiger charge is -2.15. The molecule has 0 radical (unpaired) electrons. The van der Waals surface area contributed by atoms with Crippen LogP contribution in [0.15, 0.2) is 66.9 Å². The van der Waals surface area contributed by atoms with Crippen LogP contribution in [-0.2, 0) is 6.54 Å². The molecule has 5 heteroatoms. The minimum absolute atomic E-state index is 0.102. The third-order valence-electron chi connectivity index (χ3n) is 5.13. The predicted octanol–water partition coefficient (Wildman–Crippen LogP) is 5.54. The summed E-state index contributed by atoms with van der Waals surface area (Å²) < 4.78 is 2.01. The van der Waals surface area contributed by atoms with Gasteiger partial charge in [-0.15, -0.1) is 0 Å². The number of benzene rings is 3. The number of aromatic hydroxyl groups is 1. The van der Waals surface area contributed by atoms with Crippen LogP contribution in [0.3, 0.4) is 0 Å². The van der Waals surface area contributed by atoms with Gasteiger partial charge in [0.15, 0.2) is 0 Å². The molecule has 1 aromatic heterocycles. The number of rotatable bonds is 5. The molecule has 0 bridgehead atoms. The van der Waals surface area contributed by atoms with Gasteiger partial charge in [0.25, 0.3) is 0 Å². The van der Waals surface area contributed by atoms with Crippen LogP contribution >= 0.6 is 11.6 Å². The SMILES string of the molecule is Cc1c(C(C)NCc2ccc(O)c(Cl)c2)cnn1-c1cccc2ccccc12. The molecule has 4 rings (SSSR count). The van der Waals surface area contributed by atoms with Gasteiger partial charge in [0, 0.05) is 29.2 Å². The fourth-order valence-electron chi connectivity index (χ4n) is 3.52. The largest absolute Gasteiger partial charge is 0.506 e. The van der Waals surface area contributed by atoms with Gasteiger partial charge in [-0.3, -0.25) is 0 Å². The van der Waals surface area contributed by atoms with Gasteiger partial charge < -0.3 is 10.4 Å². The lowest BCUT2D eigenvalue weighted by atomic mass is 10.1. The van der Waals surface area contributed by atoms with E-state index in [-0.39, 0.29) is 11.8 Å². The van der Waals surface area contributed by atoms with E-state index in [1.165, 1.54) is 10.8 Å². The van der Waals surface area contributed by atoms with E-state index in [1.54, 1.807) is 12.1 Å². The molecule has 4 aromatic rings. The van der Waals surface area contributed by atoms with Crippen LogP contribution < -0.4 is 5.32 Å². The van der Waals surface area contributed by atoms with E-state index in [1.807, 2.05) is 16.9 Å². The molecule has 0 aliphatic carbocycles.